The van der Waals surface area contributed by atoms with Gasteiger partial charge >= 0.3 is 0 Å². The van der Waals surface area contributed by atoms with Crippen molar-refractivity contribution in [2.75, 3.05) is 4.90 Å². The van der Waals surface area contributed by atoms with Crippen LogP contribution in [0, 0.1) is 0 Å². The molecule has 1 heteroatoms. The van der Waals surface area contributed by atoms with Crippen LogP contribution in [0.25, 0.3) is 65.7 Å². The van der Waals surface area contributed by atoms with E-state index in [2.05, 4.69) is 207 Å². The minimum atomic E-state index is -0.0862. The number of benzene rings is 9. The van der Waals surface area contributed by atoms with Crippen molar-refractivity contribution in [2.24, 2.45) is 0 Å². The molecular weight excluding hydrogens is 627 g/mol. The monoisotopic (exact) mass is 663 g/mol. The van der Waals surface area contributed by atoms with Gasteiger partial charge in [0, 0.05) is 22.4 Å². The molecule has 10 rings (SSSR count). The van der Waals surface area contributed by atoms with Crippen LogP contribution in [0.15, 0.2) is 188 Å². The molecule has 0 unspecified atom stereocenters. The number of rotatable bonds is 5. The molecular formula is C51H37N. The molecule has 0 saturated carbocycles. The van der Waals surface area contributed by atoms with Gasteiger partial charge in [-0.1, -0.05) is 166 Å². The number of nitrogens with zero attached hydrogens (tertiary/aromatic N) is 1. The lowest BCUT2D eigenvalue weighted by Gasteiger charge is -2.29. The first-order valence-electron chi connectivity index (χ1n) is 18.2. The molecule has 9 aromatic rings. The first kappa shape index (κ1) is 30.4. The van der Waals surface area contributed by atoms with Gasteiger partial charge in [-0.3, -0.25) is 0 Å². The standard InChI is InChI=1S/C51H37N/c1-51(2)46-20-11-10-19-44(46)50-47(51)21-12-22-48(50)52(39-29-25-35(26-30-39)34-13-4-3-5-14-34)40-31-27-37(28-32-40)45-33-38-24-23-36-15-6-7-16-41(36)49(38)43-18-9-8-17-42(43)45/h3-33H,1-2H3. The van der Waals surface area contributed by atoms with Gasteiger partial charge in [0.2, 0.25) is 0 Å². The summed E-state index contributed by atoms with van der Waals surface area (Å²) in [4.78, 5) is 2.44. The average molecular weight is 664 g/mol. The molecule has 0 bridgehead atoms. The highest BCUT2D eigenvalue weighted by atomic mass is 15.1. The van der Waals surface area contributed by atoms with Crippen LogP contribution in [0.5, 0.6) is 0 Å². The maximum Gasteiger partial charge on any atom is 0.0543 e. The molecule has 0 heterocycles. The highest BCUT2D eigenvalue weighted by Gasteiger charge is 2.37. The molecule has 0 atom stereocenters. The van der Waals surface area contributed by atoms with Crippen molar-refractivity contribution in [3.8, 4) is 33.4 Å². The normalized spacial score (nSPS) is 13.0. The third-order valence-electron chi connectivity index (χ3n) is 11.2. The topological polar surface area (TPSA) is 3.24 Å². The van der Waals surface area contributed by atoms with Crippen molar-refractivity contribution in [1.82, 2.24) is 0 Å². The smallest absolute Gasteiger partial charge is 0.0543 e. The van der Waals surface area contributed by atoms with E-state index >= 15 is 0 Å². The zero-order valence-electron chi connectivity index (χ0n) is 29.3. The van der Waals surface area contributed by atoms with Crippen LogP contribution < -0.4 is 4.90 Å². The molecule has 0 aromatic heterocycles. The first-order chi connectivity index (χ1) is 25.6. The van der Waals surface area contributed by atoms with Crippen LogP contribution in [-0.2, 0) is 5.41 Å². The molecule has 9 aromatic carbocycles. The molecule has 1 aliphatic rings. The summed E-state index contributed by atoms with van der Waals surface area (Å²) in [6.45, 7) is 4.71. The van der Waals surface area contributed by atoms with Crippen molar-refractivity contribution in [3.05, 3.63) is 199 Å². The fourth-order valence-corrected chi connectivity index (χ4v) is 8.69. The Hall–Kier alpha value is -6.44. The Morgan fingerprint density at radius 2 is 0.962 bits per heavy atom. The Bertz CT molecular complexity index is 2790. The predicted molar refractivity (Wildman–Crippen MR) is 222 cm³/mol. The van der Waals surface area contributed by atoms with Gasteiger partial charge in [-0.05, 0) is 108 Å². The molecule has 0 aliphatic heterocycles. The van der Waals surface area contributed by atoms with Crippen LogP contribution >= 0.6 is 0 Å². The number of hydrogen-bond donors (Lipinski definition) is 0. The second kappa shape index (κ2) is 11.8. The maximum absolute atomic E-state index is 2.44. The number of anilines is 3. The van der Waals surface area contributed by atoms with Gasteiger partial charge in [0.25, 0.3) is 0 Å². The van der Waals surface area contributed by atoms with Gasteiger partial charge in [0.1, 0.15) is 0 Å². The Balaban J connectivity index is 1.15. The summed E-state index contributed by atoms with van der Waals surface area (Å²) in [6.07, 6.45) is 0. The van der Waals surface area contributed by atoms with Crippen LogP contribution in [0.1, 0.15) is 25.0 Å². The molecule has 246 valence electrons. The van der Waals surface area contributed by atoms with Crippen molar-refractivity contribution < 1.29 is 0 Å². The lowest BCUT2D eigenvalue weighted by molar-refractivity contribution is 0.660. The summed E-state index contributed by atoms with van der Waals surface area (Å²) < 4.78 is 0. The minimum Gasteiger partial charge on any atom is -0.310 e. The van der Waals surface area contributed by atoms with E-state index in [-0.39, 0.29) is 5.41 Å². The lowest BCUT2D eigenvalue weighted by atomic mass is 9.82. The van der Waals surface area contributed by atoms with E-state index in [1.54, 1.807) is 0 Å². The second-order valence-corrected chi connectivity index (χ2v) is 14.5. The quantitative estimate of drug-likeness (QED) is 0.166. The third-order valence-corrected chi connectivity index (χ3v) is 11.2. The summed E-state index contributed by atoms with van der Waals surface area (Å²) in [5, 5.41) is 7.71. The van der Waals surface area contributed by atoms with E-state index in [9.17, 15) is 0 Å². The molecule has 1 nitrogen and oxygen atoms in total. The van der Waals surface area contributed by atoms with E-state index in [4.69, 9.17) is 0 Å². The summed E-state index contributed by atoms with van der Waals surface area (Å²) in [6, 6.07) is 69.1. The van der Waals surface area contributed by atoms with E-state index in [0.29, 0.717) is 0 Å². The molecule has 0 spiro atoms. The Labute approximate surface area is 305 Å². The Kier molecular flexibility index (Phi) is 6.91. The van der Waals surface area contributed by atoms with E-state index in [1.165, 1.54) is 82.5 Å². The van der Waals surface area contributed by atoms with Gasteiger partial charge in [-0.15, -0.1) is 0 Å². The van der Waals surface area contributed by atoms with E-state index in [0.717, 1.165) is 11.4 Å². The molecule has 0 fully saturated rings. The second-order valence-electron chi connectivity index (χ2n) is 14.5. The van der Waals surface area contributed by atoms with Crippen LogP contribution in [0.2, 0.25) is 0 Å². The molecule has 0 saturated heterocycles. The van der Waals surface area contributed by atoms with Gasteiger partial charge < -0.3 is 4.90 Å². The Morgan fingerprint density at radius 1 is 0.385 bits per heavy atom. The first-order valence-corrected chi connectivity index (χ1v) is 18.2. The number of fused-ring (bicyclic) bond motifs is 8. The van der Waals surface area contributed by atoms with Gasteiger partial charge in [-0.25, -0.2) is 0 Å². The zero-order chi connectivity index (χ0) is 34.8. The lowest BCUT2D eigenvalue weighted by Crippen LogP contribution is -2.16. The summed E-state index contributed by atoms with van der Waals surface area (Å²) in [7, 11) is 0. The highest BCUT2D eigenvalue weighted by molar-refractivity contribution is 6.23. The molecule has 0 amide bonds. The van der Waals surface area contributed by atoms with E-state index < -0.39 is 0 Å². The van der Waals surface area contributed by atoms with Crippen molar-refractivity contribution in [3.63, 3.8) is 0 Å². The largest absolute Gasteiger partial charge is 0.310 e. The summed E-state index contributed by atoms with van der Waals surface area (Å²) in [5.74, 6) is 0. The fourth-order valence-electron chi connectivity index (χ4n) is 8.69. The molecule has 0 N–H and O–H groups in total. The van der Waals surface area contributed by atoms with Crippen LogP contribution in [0.4, 0.5) is 17.1 Å². The summed E-state index contributed by atoms with van der Waals surface area (Å²) >= 11 is 0. The number of hydrogen-bond acceptors (Lipinski definition) is 1. The van der Waals surface area contributed by atoms with Gasteiger partial charge in [-0.2, -0.15) is 0 Å². The van der Waals surface area contributed by atoms with Gasteiger partial charge in [0.05, 0.1) is 5.69 Å². The van der Waals surface area contributed by atoms with Crippen molar-refractivity contribution in [1.29, 1.82) is 0 Å². The summed E-state index contributed by atoms with van der Waals surface area (Å²) in [5.41, 5.74) is 13.6. The zero-order valence-corrected chi connectivity index (χ0v) is 29.3. The highest BCUT2D eigenvalue weighted by Crippen LogP contribution is 2.54. The van der Waals surface area contributed by atoms with Crippen LogP contribution in [-0.4, -0.2) is 0 Å². The molecule has 0 radical (unpaired) electrons. The Morgan fingerprint density at radius 3 is 1.73 bits per heavy atom. The van der Waals surface area contributed by atoms with Crippen molar-refractivity contribution in [2.45, 2.75) is 19.3 Å². The van der Waals surface area contributed by atoms with Crippen molar-refractivity contribution >= 4 is 49.4 Å². The third kappa shape index (κ3) is 4.70. The SMILES string of the molecule is CC1(C)c2ccccc2-c2c(N(c3ccc(-c4ccccc4)cc3)c3ccc(-c4cc5ccc6ccccc6c5c5ccccc45)cc3)cccc21. The molecule has 52 heavy (non-hydrogen) atoms. The average Bonchev–Trinajstić information content (AvgIpc) is 3.45. The minimum absolute atomic E-state index is 0.0862. The molecule has 1 aliphatic carbocycles. The predicted octanol–water partition coefficient (Wildman–Crippen LogP) is 14.3. The van der Waals surface area contributed by atoms with Crippen LogP contribution in [0.3, 0.4) is 0 Å². The fraction of sp³-hybridized carbons (Fsp3) is 0.0588. The van der Waals surface area contributed by atoms with E-state index in [1.807, 2.05) is 0 Å². The maximum atomic E-state index is 2.44. The van der Waals surface area contributed by atoms with Gasteiger partial charge in [0.15, 0.2) is 0 Å².